The van der Waals surface area contributed by atoms with Crippen molar-refractivity contribution in [2.24, 2.45) is 11.8 Å². The van der Waals surface area contributed by atoms with Gasteiger partial charge in [-0.2, -0.15) is 0 Å². The van der Waals surface area contributed by atoms with Crippen LogP contribution < -0.4 is 0 Å². The van der Waals surface area contributed by atoms with Gasteiger partial charge in [-0.3, -0.25) is 9.59 Å². The fourth-order valence-electron chi connectivity index (χ4n) is 2.92. The van der Waals surface area contributed by atoms with Crippen LogP contribution in [0.5, 0.6) is 0 Å². The predicted molar refractivity (Wildman–Crippen MR) is 78.7 cm³/mol. The molecular formula is C17H22O4. The SMILES string of the molecule is CCOC(=O)C(CC1Cc2ccccc2C1)C(=O)OCC. The largest absolute Gasteiger partial charge is 0.465 e. The average molecular weight is 290 g/mol. The van der Waals surface area contributed by atoms with E-state index >= 15 is 0 Å². The van der Waals surface area contributed by atoms with Gasteiger partial charge < -0.3 is 9.47 Å². The molecule has 21 heavy (non-hydrogen) atoms. The van der Waals surface area contributed by atoms with Crippen molar-refractivity contribution < 1.29 is 19.1 Å². The molecule has 4 heteroatoms. The Morgan fingerprint density at radius 1 is 1.05 bits per heavy atom. The van der Waals surface area contributed by atoms with E-state index in [2.05, 4.69) is 12.1 Å². The third-order valence-electron chi connectivity index (χ3n) is 3.85. The first-order chi connectivity index (χ1) is 10.2. The Hall–Kier alpha value is -1.84. The lowest BCUT2D eigenvalue weighted by atomic mass is 9.92. The van der Waals surface area contributed by atoms with Gasteiger partial charge in [0.15, 0.2) is 5.92 Å². The molecule has 0 radical (unpaired) electrons. The Morgan fingerprint density at radius 3 is 1.95 bits per heavy atom. The highest BCUT2D eigenvalue weighted by Crippen LogP contribution is 2.31. The van der Waals surface area contributed by atoms with Crippen LogP contribution in [0.25, 0.3) is 0 Å². The van der Waals surface area contributed by atoms with Crippen molar-refractivity contribution in [2.45, 2.75) is 33.1 Å². The number of ether oxygens (including phenoxy) is 2. The molecule has 0 heterocycles. The molecule has 4 nitrogen and oxygen atoms in total. The summed E-state index contributed by atoms with van der Waals surface area (Å²) in [5.41, 5.74) is 2.63. The summed E-state index contributed by atoms with van der Waals surface area (Å²) in [7, 11) is 0. The molecule has 0 amide bonds. The molecule has 0 fully saturated rings. The van der Waals surface area contributed by atoms with E-state index in [1.165, 1.54) is 11.1 Å². The van der Waals surface area contributed by atoms with Gasteiger partial charge in [0.05, 0.1) is 13.2 Å². The minimum atomic E-state index is -0.802. The molecule has 0 aliphatic heterocycles. The van der Waals surface area contributed by atoms with Gasteiger partial charge in [-0.05, 0) is 50.2 Å². The van der Waals surface area contributed by atoms with Gasteiger partial charge in [0.25, 0.3) is 0 Å². The summed E-state index contributed by atoms with van der Waals surface area (Å²) >= 11 is 0. The summed E-state index contributed by atoms with van der Waals surface area (Å²) in [5, 5.41) is 0. The summed E-state index contributed by atoms with van der Waals surface area (Å²) in [4.78, 5) is 24.0. The first kappa shape index (κ1) is 15.5. The Bertz CT molecular complexity index is 466. The molecule has 0 saturated carbocycles. The lowest BCUT2D eigenvalue weighted by Gasteiger charge is -2.17. The molecule has 1 aliphatic carbocycles. The normalized spacial score (nSPS) is 14.0. The lowest BCUT2D eigenvalue weighted by Crippen LogP contribution is -2.30. The molecule has 0 unspecified atom stereocenters. The zero-order valence-electron chi connectivity index (χ0n) is 12.6. The van der Waals surface area contributed by atoms with Gasteiger partial charge in [0.2, 0.25) is 0 Å². The molecule has 1 aromatic carbocycles. The first-order valence-corrected chi connectivity index (χ1v) is 7.55. The van der Waals surface area contributed by atoms with Crippen LogP contribution in [0.1, 0.15) is 31.4 Å². The minimum absolute atomic E-state index is 0.277. The molecule has 114 valence electrons. The van der Waals surface area contributed by atoms with Gasteiger partial charge in [-0.15, -0.1) is 0 Å². The second-order valence-electron chi connectivity index (χ2n) is 5.34. The lowest BCUT2D eigenvalue weighted by molar-refractivity contribution is -0.162. The highest BCUT2D eigenvalue weighted by Gasteiger charge is 2.34. The van der Waals surface area contributed by atoms with E-state index in [4.69, 9.17) is 9.47 Å². The number of carbonyl (C=O) groups is 2. The van der Waals surface area contributed by atoms with Crippen molar-refractivity contribution in [3.8, 4) is 0 Å². The number of hydrogen-bond donors (Lipinski definition) is 0. The third kappa shape index (κ3) is 3.84. The van der Waals surface area contributed by atoms with Crippen LogP contribution in [0.2, 0.25) is 0 Å². The van der Waals surface area contributed by atoms with Crippen LogP contribution in [-0.2, 0) is 31.9 Å². The quantitative estimate of drug-likeness (QED) is 0.597. The van der Waals surface area contributed by atoms with E-state index in [9.17, 15) is 9.59 Å². The minimum Gasteiger partial charge on any atom is -0.465 e. The second-order valence-corrected chi connectivity index (χ2v) is 5.34. The van der Waals surface area contributed by atoms with Crippen molar-refractivity contribution in [1.82, 2.24) is 0 Å². The number of fused-ring (bicyclic) bond motifs is 1. The summed E-state index contributed by atoms with van der Waals surface area (Å²) in [6, 6.07) is 8.27. The topological polar surface area (TPSA) is 52.6 Å². The van der Waals surface area contributed by atoms with E-state index in [0.717, 1.165) is 12.8 Å². The highest BCUT2D eigenvalue weighted by atomic mass is 16.6. The van der Waals surface area contributed by atoms with E-state index in [1.54, 1.807) is 13.8 Å². The van der Waals surface area contributed by atoms with Crippen LogP contribution in [0.15, 0.2) is 24.3 Å². The van der Waals surface area contributed by atoms with Gasteiger partial charge in [0, 0.05) is 0 Å². The molecule has 0 spiro atoms. The summed E-state index contributed by atoms with van der Waals surface area (Å²) in [5.74, 6) is -1.44. The van der Waals surface area contributed by atoms with Gasteiger partial charge in [-0.25, -0.2) is 0 Å². The predicted octanol–water partition coefficient (Wildman–Crippen LogP) is 2.53. The summed E-state index contributed by atoms with van der Waals surface area (Å²) in [6.07, 6.45) is 2.31. The maximum absolute atomic E-state index is 12.0. The van der Waals surface area contributed by atoms with Gasteiger partial charge >= 0.3 is 11.9 Å². The Morgan fingerprint density at radius 2 is 1.52 bits per heavy atom. The number of benzene rings is 1. The molecule has 1 aliphatic rings. The van der Waals surface area contributed by atoms with Crippen molar-refractivity contribution in [2.75, 3.05) is 13.2 Å². The molecule has 0 saturated heterocycles. The summed E-state index contributed by atoms with van der Waals surface area (Å²) < 4.78 is 10.0. The van der Waals surface area contributed by atoms with Crippen molar-refractivity contribution in [3.63, 3.8) is 0 Å². The molecule has 1 aromatic rings. The first-order valence-electron chi connectivity index (χ1n) is 7.55. The third-order valence-corrected chi connectivity index (χ3v) is 3.85. The Labute approximate surface area is 125 Å². The van der Waals surface area contributed by atoms with Crippen LogP contribution >= 0.6 is 0 Å². The molecule has 2 rings (SSSR count). The van der Waals surface area contributed by atoms with Crippen LogP contribution in [-0.4, -0.2) is 25.2 Å². The number of rotatable bonds is 6. The van der Waals surface area contributed by atoms with Gasteiger partial charge in [-0.1, -0.05) is 24.3 Å². The van der Waals surface area contributed by atoms with Crippen molar-refractivity contribution in [3.05, 3.63) is 35.4 Å². The monoisotopic (exact) mass is 290 g/mol. The van der Waals surface area contributed by atoms with Crippen LogP contribution in [0.4, 0.5) is 0 Å². The molecule has 0 N–H and O–H groups in total. The van der Waals surface area contributed by atoms with Gasteiger partial charge in [0.1, 0.15) is 0 Å². The standard InChI is InChI=1S/C17H22O4/c1-3-20-16(18)15(17(19)21-4-2)11-12-9-13-7-5-6-8-14(13)10-12/h5-8,12,15H,3-4,9-11H2,1-2H3. The zero-order valence-corrected chi connectivity index (χ0v) is 12.6. The second kappa shape index (κ2) is 7.25. The van der Waals surface area contributed by atoms with E-state index in [1.807, 2.05) is 12.1 Å². The number of hydrogen-bond acceptors (Lipinski definition) is 4. The molecular weight excluding hydrogens is 268 g/mol. The van der Waals surface area contributed by atoms with Crippen molar-refractivity contribution >= 4 is 11.9 Å². The molecule has 0 bridgehead atoms. The fourth-order valence-corrected chi connectivity index (χ4v) is 2.92. The van der Waals surface area contributed by atoms with E-state index < -0.39 is 17.9 Å². The smallest absolute Gasteiger partial charge is 0.320 e. The van der Waals surface area contributed by atoms with E-state index in [-0.39, 0.29) is 13.2 Å². The number of esters is 2. The van der Waals surface area contributed by atoms with Crippen LogP contribution in [0, 0.1) is 11.8 Å². The fraction of sp³-hybridized carbons (Fsp3) is 0.529. The molecule has 0 aromatic heterocycles. The Kier molecular flexibility index (Phi) is 5.37. The maximum atomic E-state index is 12.0. The average Bonchev–Trinajstić information content (AvgIpc) is 2.87. The molecule has 0 atom stereocenters. The van der Waals surface area contributed by atoms with E-state index in [0.29, 0.717) is 12.3 Å². The number of carbonyl (C=O) groups excluding carboxylic acids is 2. The summed E-state index contributed by atoms with van der Waals surface area (Å²) in [6.45, 7) is 4.04. The highest BCUT2D eigenvalue weighted by molar-refractivity contribution is 5.94. The van der Waals surface area contributed by atoms with Crippen LogP contribution in [0.3, 0.4) is 0 Å². The van der Waals surface area contributed by atoms with Crippen molar-refractivity contribution in [1.29, 1.82) is 0 Å². The Balaban J connectivity index is 2.03. The zero-order chi connectivity index (χ0) is 15.2. The maximum Gasteiger partial charge on any atom is 0.320 e.